The minimum Gasteiger partial charge on any atom is -0.348 e. The average Bonchev–Trinajstić information content (AvgIpc) is 3.28. The van der Waals surface area contributed by atoms with Gasteiger partial charge in [0.05, 0.1) is 22.5 Å². The average molecular weight is 483 g/mol. The van der Waals surface area contributed by atoms with Gasteiger partial charge in [0.15, 0.2) is 10.8 Å². The molecule has 9 heteroatoms. The second kappa shape index (κ2) is 9.94. The Morgan fingerprint density at radius 2 is 1.66 bits per heavy atom. The molecule has 0 unspecified atom stereocenters. The first-order chi connectivity index (χ1) is 17.1. The largest absolute Gasteiger partial charge is 0.348 e. The summed E-state index contributed by atoms with van der Waals surface area (Å²) in [6.45, 7) is 2.22. The molecule has 2 heterocycles. The Bertz CT molecular complexity index is 1530. The van der Waals surface area contributed by atoms with Crippen LogP contribution in [0.4, 0.5) is 5.69 Å². The number of carbonyl (C=O) groups excluding carboxylic acids is 2. The molecule has 0 saturated heterocycles. The predicted molar refractivity (Wildman–Crippen MR) is 136 cm³/mol. The van der Waals surface area contributed by atoms with Crippen molar-refractivity contribution in [2.75, 3.05) is 11.1 Å². The first kappa shape index (κ1) is 22.5. The highest BCUT2D eigenvalue weighted by Gasteiger charge is 2.16. The van der Waals surface area contributed by atoms with Crippen molar-refractivity contribution in [3.05, 3.63) is 95.8 Å². The molecule has 174 valence electrons. The van der Waals surface area contributed by atoms with Crippen molar-refractivity contribution in [3.8, 4) is 0 Å². The predicted octanol–water partition coefficient (Wildman–Crippen LogP) is 4.25. The highest BCUT2D eigenvalue weighted by molar-refractivity contribution is 7.99. The fraction of sp³-hybridized carbons (Fsp3) is 0.115. The number of hydrogen-bond acceptors (Lipinski definition) is 6. The van der Waals surface area contributed by atoms with E-state index >= 15 is 0 Å². The van der Waals surface area contributed by atoms with Gasteiger partial charge in [-0.05, 0) is 36.8 Å². The molecule has 0 spiro atoms. The Morgan fingerprint density at radius 3 is 2.51 bits per heavy atom. The quantitative estimate of drug-likeness (QED) is 0.266. The molecule has 0 aliphatic rings. The van der Waals surface area contributed by atoms with Crippen LogP contribution in [0.25, 0.3) is 16.6 Å². The van der Waals surface area contributed by atoms with E-state index in [0.717, 1.165) is 16.5 Å². The molecule has 0 fully saturated rings. The number of nitrogens with zero attached hydrogens (tertiary/aromatic N) is 4. The van der Waals surface area contributed by atoms with E-state index in [-0.39, 0.29) is 17.6 Å². The number of fused-ring (bicyclic) bond motifs is 3. The van der Waals surface area contributed by atoms with E-state index < -0.39 is 0 Å². The van der Waals surface area contributed by atoms with Crippen molar-refractivity contribution >= 4 is 45.8 Å². The normalized spacial score (nSPS) is 11.0. The summed E-state index contributed by atoms with van der Waals surface area (Å²) >= 11 is 1.26. The molecule has 5 aromatic rings. The van der Waals surface area contributed by atoms with Crippen LogP contribution in [0, 0.1) is 6.92 Å². The molecule has 3 aromatic carbocycles. The van der Waals surface area contributed by atoms with Gasteiger partial charge in [-0.3, -0.25) is 9.59 Å². The number of para-hydroxylation sites is 2. The van der Waals surface area contributed by atoms with E-state index in [0.29, 0.717) is 34.4 Å². The number of carbonyl (C=O) groups is 2. The summed E-state index contributed by atoms with van der Waals surface area (Å²) in [7, 11) is 0. The Balaban J connectivity index is 1.29. The lowest BCUT2D eigenvalue weighted by atomic mass is 10.1. The topological polar surface area (TPSA) is 101 Å². The van der Waals surface area contributed by atoms with E-state index in [2.05, 4.69) is 25.7 Å². The second-order valence-electron chi connectivity index (χ2n) is 7.86. The maximum Gasteiger partial charge on any atom is 0.253 e. The van der Waals surface area contributed by atoms with Crippen molar-refractivity contribution in [2.45, 2.75) is 18.6 Å². The lowest BCUT2D eigenvalue weighted by Gasteiger charge is -2.12. The van der Waals surface area contributed by atoms with Gasteiger partial charge in [0, 0.05) is 11.9 Å². The van der Waals surface area contributed by atoms with E-state index in [9.17, 15) is 9.59 Å². The molecule has 0 aliphatic heterocycles. The van der Waals surface area contributed by atoms with Crippen LogP contribution in [0.2, 0.25) is 0 Å². The second-order valence-corrected chi connectivity index (χ2v) is 8.80. The molecule has 0 radical (unpaired) electrons. The van der Waals surface area contributed by atoms with E-state index in [4.69, 9.17) is 0 Å². The summed E-state index contributed by atoms with van der Waals surface area (Å²) in [5.41, 5.74) is 3.35. The molecule has 2 aromatic heterocycles. The van der Waals surface area contributed by atoms with Gasteiger partial charge in [0.1, 0.15) is 5.82 Å². The number of anilines is 1. The van der Waals surface area contributed by atoms with Gasteiger partial charge >= 0.3 is 0 Å². The van der Waals surface area contributed by atoms with Gasteiger partial charge in [0.2, 0.25) is 5.91 Å². The van der Waals surface area contributed by atoms with Gasteiger partial charge in [-0.25, -0.2) is 9.97 Å². The van der Waals surface area contributed by atoms with Crippen LogP contribution in [0.1, 0.15) is 21.7 Å². The summed E-state index contributed by atoms with van der Waals surface area (Å²) in [6.07, 6.45) is 0. The number of aromatic nitrogens is 4. The Kier molecular flexibility index (Phi) is 6.40. The third-order valence-electron chi connectivity index (χ3n) is 5.33. The van der Waals surface area contributed by atoms with Crippen molar-refractivity contribution in [3.63, 3.8) is 0 Å². The number of thioether (sulfide) groups is 1. The number of rotatable bonds is 7. The third-order valence-corrected chi connectivity index (χ3v) is 6.26. The van der Waals surface area contributed by atoms with E-state index in [1.807, 2.05) is 61.5 Å². The molecule has 2 amide bonds. The maximum absolute atomic E-state index is 12.8. The van der Waals surface area contributed by atoms with Gasteiger partial charge in [0.25, 0.3) is 5.91 Å². The lowest BCUT2D eigenvalue weighted by molar-refractivity contribution is -0.113. The molecular formula is C26H22N6O2S. The maximum atomic E-state index is 12.8. The van der Waals surface area contributed by atoms with Crippen LogP contribution < -0.4 is 10.6 Å². The Labute approximate surface area is 205 Å². The monoisotopic (exact) mass is 482 g/mol. The van der Waals surface area contributed by atoms with Crippen molar-refractivity contribution in [1.82, 2.24) is 24.9 Å². The third kappa shape index (κ3) is 4.99. The minimum atomic E-state index is -0.256. The Hall–Kier alpha value is -4.24. The molecule has 5 rings (SSSR count). The standard InChI is InChI=1S/C26H22N6O2S/c1-17-28-24-19-11-5-7-13-21(19)30-26(32(24)31-17)35-16-23(33)29-22-14-8-6-12-20(22)25(34)27-15-18-9-3-2-4-10-18/h2-14H,15-16H2,1H3,(H,27,34)(H,29,33). The molecule has 0 atom stereocenters. The summed E-state index contributed by atoms with van der Waals surface area (Å²) in [6, 6.07) is 24.3. The number of amides is 2. The van der Waals surface area contributed by atoms with Gasteiger partial charge in [-0.2, -0.15) is 4.52 Å². The minimum absolute atomic E-state index is 0.0965. The zero-order valence-electron chi connectivity index (χ0n) is 18.9. The molecular weight excluding hydrogens is 460 g/mol. The zero-order valence-corrected chi connectivity index (χ0v) is 19.7. The molecule has 0 aliphatic carbocycles. The Morgan fingerprint density at radius 1 is 0.914 bits per heavy atom. The van der Waals surface area contributed by atoms with Crippen LogP contribution in [-0.2, 0) is 11.3 Å². The van der Waals surface area contributed by atoms with E-state index in [1.165, 1.54) is 11.8 Å². The van der Waals surface area contributed by atoms with Crippen LogP contribution in [0.3, 0.4) is 0 Å². The molecule has 0 saturated carbocycles. The zero-order chi connectivity index (χ0) is 24.2. The van der Waals surface area contributed by atoms with Crippen LogP contribution in [0.5, 0.6) is 0 Å². The van der Waals surface area contributed by atoms with Crippen molar-refractivity contribution in [1.29, 1.82) is 0 Å². The summed E-state index contributed by atoms with van der Waals surface area (Å²) in [5.74, 6) is 0.218. The number of aryl methyl sites for hydroxylation is 1. The van der Waals surface area contributed by atoms with E-state index in [1.54, 1.807) is 28.8 Å². The van der Waals surface area contributed by atoms with Gasteiger partial charge in [-0.1, -0.05) is 66.4 Å². The molecule has 8 nitrogen and oxygen atoms in total. The summed E-state index contributed by atoms with van der Waals surface area (Å²) in [5, 5.41) is 11.7. The first-order valence-corrected chi connectivity index (χ1v) is 12.0. The lowest BCUT2D eigenvalue weighted by Crippen LogP contribution is -2.25. The number of hydrogen-bond donors (Lipinski definition) is 2. The van der Waals surface area contributed by atoms with Crippen molar-refractivity contribution in [2.24, 2.45) is 0 Å². The fourth-order valence-electron chi connectivity index (χ4n) is 3.71. The van der Waals surface area contributed by atoms with Crippen LogP contribution >= 0.6 is 11.8 Å². The van der Waals surface area contributed by atoms with Crippen LogP contribution in [-0.4, -0.2) is 37.1 Å². The fourth-order valence-corrected chi connectivity index (χ4v) is 4.45. The van der Waals surface area contributed by atoms with Crippen molar-refractivity contribution < 1.29 is 9.59 Å². The molecule has 0 bridgehead atoms. The molecule has 2 N–H and O–H groups in total. The molecule has 35 heavy (non-hydrogen) atoms. The van der Waals surface area contributed by atoms with Crippen LogP contribution in [0.15, 0.2) is 84.0 Å². The van der Waals surface area contributed by atoms with Gasteiger partial charge < -0.3 is 10.6 Å². The summed E-state index contributed by atoms with van der Waals surface area (Å²) in [4.78, 5) is 34.8. The SMILES string of the molecule is Cc1nc2c3ccccc3nc(SCC(=O)Nc3ccccc3C(=O)NCc3ccccc3)n2n1. The smallest absolute Gasteiger partial charge is 0.253 e. The highest BCUT2D eigenvalue weighted by atomic mass is 32.2. The number of benzene rings is 3. The number of nitrogens with one attached hydrogen (secondary N) is 2. The first-order valence-electron chi connectivity index (χ1n) is 11.0. The summed E-state index contributed by atoms with van der Waals surface area (Å²) < 4.78 is 1.67. The highest BCUT2D eigenvalue weighted by Crippen LogP contribution is 2.24. The van der Waals surface area contributed by atoms with Gasteiger partial charge in [-0.15, -0.1) is 5.10 Å².